The molecule has 1 saturated heterocycles. The summed E-state index contributed by atoms with van der Waals surface area (Å²) in [5.41, 5.74) is 7.56. The second-order valence-electron chi connectivity index (χ2n) is 4.58. The molecule has 1 aliphatic rings. The molecule has 1 aliphatic heterocycles. The van der Waals surface area contributed by atoms with Gasteiger partial charge in [-0.1, -0.05) is 24.6 Å². The molecule has 0 aliphatic carbocycles. The van der Waals surface area contributed by atoms with Crippen molar-refractivity contribution in [3.63, 3.8) is 0 Å². The highest BCUT2D eigenvalue weighted by atomic mass is 35.5. The maximum Gasteiger partial charge on any atom is 0.0765 e. The third-order valence-electron chi connectivity index (χ3n) is 3.35. The van der Waals surface area contributed by atoms with Crippen LogP contribution in [0.4, 0.5) is 11.4 Å². The Balaban J connectivity index is 2.05. The van der Waals surface area contributed by atoms with Crippen molar-refractivity contribution < 1.29 is 0 Å². The summed E-state index contributed by atoms with van der Waals surface area (Å²) in [6, 6.07) is 6.09. The first-order valence-corrected chi connectivity index (χ1v) is 6.61. The summed E-state index contributed by atoms with van der Waals surface area (Å²) < 4.78 is 0. The van der Waals surface area contributed by atoms with E-state index < -0.39 is 0 Å². The molecule has 4 heteroatoms. The number of halogens is 1. The number of anilines is 2. The highest BCUT2D eigenvalue weighted by molar-refractivity contribution is 6.33. The highest BCUT2D eigenvalue weighted by Gasteiger charge is 2.19. The van der Waals surface area contributed by atoms with Gasteiger partial charge in [-0.25, -0.2) is 0 Å². The van der Waals surface area contributed by atoms with Gasteiger partial charge in [-0.2, -0.15) is 0 Å². The molecular weight excluding hydrogens is 234 g/mol. The minimum absolute atomic E-state index is 0.450. The van der Waals surface area contributed by atoms with Crippen LogP contribution in [0.3, 0.4) is 0 Å². The van der Waals surface area contributed by atoms with Gasteiger partial charge in [-0.05, 0) is 38.1 Å². The number of nitrogens with one attached hydrogen (secondary N) is 1. The number of likely N-dealkylation sites (N-methyl/N-ethyl adjacent to an activating group) is 1. The number of nitrogens with two attached hydrogens (primary N) is 1. The van der Waals surface area contributed by atoms with Gasteiger partial charge < -0.3 is 16.0 Å². The summed E-state index contributed by atoms with van der Waals surface area (Å²) in [5, 5.41) is 4.19. The summed E-state index contributed by atoms with van der Waals surface area (Å²) in [5.74, 6) is 0. The van der Waals surface area contributed by atoms with Crippen molar-refractivity contribution in [1.82, 2.24) is 4.90 Å². The van der Waals surface area contributed by atoms with Crippen LogP contribution in [0.25, 0.3) is 0 Å². The number of piperidine rings is 1. The topological polar surface area (TPSA) is 41.3 Å². The predicted octanol–water partition coefficient (Wildman–Crippen LogP) is 2.82. The standard InChI is InChI=1S/C13H20ClN3/c1-2-17-8-4-5-10(9-17)16-13-11(14)6-3-7-12(13)15/h3,6-7,10,16H,2,4-5,8-9,15H2,1H3. The average molecular weight is 254 g/mol. The fraction of sp³-hybridized carbons (Fsp3) is 0.538. The van der Waals surface area contributed by atoms with E-state index in [2.05, 4.69) is 17.1 Å². The van der Waals surface area contributed by atoms with Gasteiger partial charge in [0.05, 0.1) is 16.4 Å². The zero-order valence-corrected chi connectivity index (χ0v) is 11.0. The number of hydrogen-bond acceptors (Lipinski definition) is 3. The van der Waals surface area contributed by atoms with Crippen LogP contribution in [0.5, 0.6) is 0 Å². The predicted molar refractivity (Wildman–Crippen MR) is 74.6 cm³/mol. The lowest BCUT2D eigenvalue weighted by molar-refractivity contribution is 0.227. The molecular formula is C13H20ClN3. The molecule has 2 rings (SSSR count). The molecule has 0 spiro atoms. The first-order chi connectivity index (χ1) is 8.20. The Morgan fingerprint density at radius 3 is 3.06 bits per heavy atom. The largest absolute Gasteiger partial charge is 0.397 e. The quantitative estimate of drug-likeness (QED) is 0.814. The van der Waals surface area contributed by atoms with E-state index in [0.717, 1.165) is 24.5 Å². The SMILES string of the molecule is CCN1CCCC(Nc2c(N)cccc2Cl)C1. The van der Waals surface area contributed by atoms with E-state index in [0.29, 0.717) is 11.1 Å². The third kappa shape index (κ3) is 3.05. The summed E-state index contributed by atoms with van der Waals surface area (Å²) in [7, 11) is 0. The number of hydrogen-bond donors (Lipinski definition) is 2. The van der Waals surface area contributed by atoms with Gasteiger partial charge in [0.2, 0.25) is 0 Å². The van der Waals surface area contributed by atoms with Crippen molar-refractivity contribution in [2.45, 2.75) is 25.8 Å². The molecule has 17 heavy (non-hydrogen) atoms. The van der Waals surface area contributed by atoms with Gasteiger partial charge in [0, 0.05) is 12.6 Å². The molecule has 1 atom stereocenters. The van der Waals surface area contributed by atoms with Crippen LogP contribution in [0.2, 0.25) is 5.02 Å². The Labute approximate surface area is 108 Å². The number of likely N-dealkylation sites (tertiary alicyclic amines) is 1. The normalized spacial score (nSPS) is 21.4. The van der Waals surface area contributed by atoms with Crippen molar-refractivity contribution in [3.05, 3.63) is 23.2 Å². The fourth-order valence-electron chi connectivity index (χ4n) is 2.36. The Morgan fingerprint density at radius 1 is 1.53 bits per heavy atom. The lowest BCUT2D eigenvalue weighted by Gasteiger charge is -2.33. The van der Waals surface area contributed by atoms with Crippen molar-refractivity contribution in [2.75, 3.05) is 30.7 Å². The minimum Gasteiger partial charge on any atom is -0.397 e. The van der Waals surface area contributed by atoms with Gasteiger partial charge in [-0.3, -0.25) is 0 Å². The molecule has 0 radical (unpaired) electrons. The number of nitrogens with zero attached hydrogens (tertiary/aromatic N) is 1. The van der Waals surface area contributed by atoms with E-state index in [9.17, 15) is 0 Å². The number of nitrogen functional groups attached to an aromatic ring is 1. The maximum atomic E-state index is 6.16. The summed E-state index contributed by atoms with van der Waals surface area (Å²) in [6.07, 6.45) is 2.41. The smallest absolute Gasteiger partial charge is 0.0765 e. The second-order valence-corrected chi connectivity index (χ2v) is 4.99. The molecule has 1 fully saturated rings. The van der Waals surface area contributed by atoms with Crippen molar-refractivity contribution in [3.8, 4) is 0 Å². The summed E-state index contributed by atoms with van der Waals surface area (Å²) >= 11 is 6.16. The lowest BCUT2D eigenvalue weighted by Crippen LogP contribution is -2.41. The molecule has 0 saturated carbocycles. The molecule has 3 nitrogen and oxygen atoms in total. The number of benzene rings is 1. The van der Waals surface area contributed by atoms with Crippen LogP contribution >= 0.6 is 11.6 Å². The molecule has 1 aromatic carbocycles. The molecule has 1 unspecified atom stereocenters. The molecule has 0 amide bonds. The van der Waals surface area contributed by atoms with E-state index in [1.807, 2.05) is 18.2 Å². The van der Waals surface area contributed by atoms with Crippen LogP contribution in [-0.4, -0.2) is 30.6 Å². The Kier molecular flexibility index (Phi) is 4.13. The van der Waals surface area contributed by atoms with E-state index in [4.69, 9.17) is 17.3 Å². The second kappa shape index (κ2) is 5.61. The summed E-state index contributed by atoms with van der Waals surface area (Å²) in [4.78, 5) is 2.45. The van der Waals surface area contributed by atoms with E-state index in [1.165, 1.54) is 19.4 Å². The average Bonchev–Trinajstić information content (AvgIpc) is 2.34. The first kappa shape index (κ1) is 12.5. The van der Waals surface area contributed by atoms with Crippen LogP contribution in [0.1, 0.15) is 19.8 Å². The highest BCUT2D eigenvalue weighted by Crippen LogP contribution is 2.29. The molecule has 0 bridgehead atoms. The van der Waals surface area contributed by atoms with Crippen LogP contribution < -0.4 is 11.1 Å². The van der Waals surface area contributed by atoms with Gasteiger partial charge >= 0.3 is 0 Å². The van der Waals surface area contributed by atoms with Crippen LogP contribution in [0.15, 0.2) is 18.2 Å². The maximum absolute atomic E-state index is 6.16. The zero-order chi connectivity index (χ0) is 12.3. The number of rotatable bonds is 3. The van der Waals surface area contributed by atoms with Crippen molar-refractivity contribution >= 4 is 23.0 Å². The van der Waals surface area contributed by atoms with E-state index in [1.54, 1.807) is 0 Å². The summed E-state index contributed by atoms with van der Waals surface area (Å²) in [6.45, 7) is 5.58. The van der Waals surface area contributed by atoms with Gasteiger partial charge in [0.1, 0.15) is 0 Å². The van der Waals surface area contributed by atoms with Crippen molar-refractivity contribution in [2.24, 2.45) is 0 Å². The third-order valence-corrected chi connectivity index (χ3v) is 3.66. The van der Waals surface area contributed by atoms with Gasteiger partial charge in [0.15, 0.2) is 0 Å². The molecule has 3 N–H and O–H groups in total. The van der Waals surface area contributed by atoms with E-state index in [-0.39, 0.29) is 0 Å². The minimum atomic E-state index is 0.450. The molecule has 94 valence electrons. The first-order valence-electron chi connectivity index (χ1n) is 6.23. The molecule has 1 heterocycles. The van der Waals surface area contributed by atoms with Gasteiger partial charge in [0.25, 0.3) is 0 Å². The molecule has 0 aromatic heterocycles. The fourth-order valence-corrected chi connectivity index (χ4v) is 2.59. The van der Waals surface area contributed by atoms with Gasteiger partial charge in [-0.15, -0.1) is 0 Å². The zero-order valence-electron chi connectivity index (χ0n) is 10.2. The van der Waals surface area contributed by atoms with Crippen LogP contribution in [-0.2, 0) is 0 Å². The lowest BCUT2D eigenvalue weighted by atomic mass is 10.1. The van der Waals surface area contributed by atoms with Crippen LogP contribution in [0, 0.1) is 0 Å². The Bertz CT molecular complexity index is 361. The number of para-hydroxylation sites is 1. The molecule has 1 aromatic rings. The Morgan fingerprint density at radius 2 is 2.35 bits per heavy atom. The van der Waals surface area contributed by atoms with Crippen molar-refractivity contribution in [1.29, 1.82) is 0 Å². The Hall–Kier alpha value is -0.930. The van der Waals surface area contributed by atoms with E-state index >= 15 is 0 Å². The monoisotopic (exact) mass is 253 g/mol.